The van der Waals surface area contributed by atoms with Gasteiger partial charge in [-0.05, 0) is 43.7 Å². The summed E-state index contributed by atoms with van der Waals surface area (Å²) in [5.74, 6) is 0.569. The van der Waals surface area contributed by atoms with E-state index in [2.05, 4.69) is 27.3 Å². The summed E-state index contributed by atoms with van der Waals surface area (Å²) in [7, 11) is 0. The lowest BCUT2D eigenvalue weighted by Gasteiger charge is -2.43. The molecule has 0 spiro atoms. The quantitative estimate of drug-likeness (QED) is 0.807. The third-order valence-electron chi connectivity index (χ3n) is 6.16. The van der Waals surface area contributed by atoms with Crippen molar-refractivity contribution in [3.8, 4) is 0 Å². The van der Waals surface area contributed by atoms with Crippen LogP contribution in [0.5, 0.6) is 0 Å². The second-order valence-electron chi connectivity index (χ2n) is 7.86. The Labute approximate surface area is 160 Å². The van der Waals surface area contributed by atoms with Gasteiger partial charge in [0.15, 0.2) is 0 Å². The summed E-state index contributed by atoms with van der Waals surface area (Å²) in [5.41, 5.74) is 0. The Morgan fingerprint density at radius 1 is 1.12 bits per heavy atom. The molecule has 1 aromatic heterocycles. The third kappa shape index (κ3) is 4.47. The van der Waals surface area contributed by atoms with Crippen LogP contribution in [0.3, 0.4) is 0 Å². The molecule has 0 unspecified atom stereocenters. The summed E-state index contributed by atoms with van der Waals surface area (Å²) in [4.78, 5) is 21.6. The smallest absolute Gasteiger partial charge is 0.227 e. The molecule has 26 heavy (non-hydrogen) atoms. The predicted octanol–water partition coefficient (Wildman–Crippen LogP) is 2.28. The number of piperidine rings is 2. The van der Waals surface area contributed by atoms with Crippen LogP contribution in [-0.2, 0) is 16.1 Å². The van der Waals surface area contributed by atoms with Crippen LogP contribution in [0.2, 0.25) is 0 Å². The van der Waals surface area contributed by atoms with Crippen molar-refractivity contribution < 1.29 is 9.53 Å². The Balaban J connectivity index is 1.26. The number of nitrogens with zero attached hydrogens (tertiary/aromatic N) is 3. The van der Waals surface area contributed by atoms with Gasteiger partial charge in [-0.2, -0.15) is 0 Å². The zero-order valence-electron chi connectivity index (χ0n) is 15.6. The highest BCUT2D eigenvalue weighted by atomic mass is 32.1. The fourth-order valence-electron chi connectivity index (χ4n) is 4.65. The zero-order chi connectivity index (χ0) is 17.8. The highest BCUT2D eigenvalue weighted by molar-refractivity contribution is 7.09. The Morgan fingerprint density at radius 3 is 2.65 bits per heavy atom. The van der Waals surface area contributed by atoms with Crippen molar-refractivity contribution >= 4 is 17.2 Å². The van der Waals surface area contributed by atoms with Crippen LogP contribution in [0.1, 0.15) is 30.6 Å². The minimum Gasteiger partial charge on any atom is -0.378 e. The van der Waals surface area contributed by atoms with E-state index in [0.717, 1.165) is 39.0 Å². The summed E-state index contributed by atoms with van der Waals surface area (Å²) in [5, 5.41) is 2.17. The number of morpholine rings is 1. The van der Waals surface area contributed by atoms with Gasteiger partial charge in [-0.25, -0.2) is 0 Å². The molecule has 144 valence electrons. The number of carbonyl (C=O) groups excluding carboxylic acids is 1. The Hall–Kier alpha value is -0.950. The van der Waals surface area contributed by atoms with Crippen molar-refractivity contribution in [1.82, 2.24) is 14.7 Å². The lowest BCUT2D eigenvalue weighted by atomic mass is 9.92. The first-order valence-electron chi connectivity index (χ1n) is 10.1. The largest absolute Gasteiger partial charge is 0.378 e. The van der Waals surface area contributed by atoms with E-state index in [0.29, 0.717) is 25.2 Å². The molecule has 4 rings (SSSR count). The van der Waals surface area contributed by atoms with Crippen molar-refractivity contribution in [3.63, 3.8) is 0 Å². The molecule has 3 fully saturated rings. The second-order valence-corrected chi connectivity index (χ2v) is 8.89. The standard InChI is InChI=1S/C20H31N3O2S/c24-20(22-10-12-25-13-11-22)17-3-1-7-23(15-17)18-5-8-21(9-6-18)16-19-4-2-14-26-19/h2,4,14,17-18H,1,3,5-13,15-16H2/t17-/m0/s1. The monoisotopic (exact) mass is 377 g/mol. The molecular formula is C20H31N3O2S. The van der Waals surface area contributed by atoms with Crippen molar-refractivity contribution in [3.05, 3.63) is 22.4 Å². The maximum atomic E-state index is 12.8. The van der Waals surface area contributed by atoms with Crippen LogP contribution in [0.25, 0.3) is 0 Å². The maximum Gasteiger partial charge on any atom is 0.227 e. The normalized spacial score (nSPS) is 26.9. The van der Waals surface area contributed by atoms with Gasteiger partial charge in [-0.15, -0.1) is 11.3 Å². The number of thiophene rings is 1. The van der Waals surface area contributed by atoms with Gasteiger partial charge in [0.1, 0.15) is 0 Å². The van der Waals surface area contributed by atoms with Crippen LogP contribution in [0.15, 0.2) is 17.5 Å². The van der Waals surface area contributed by atoms with Crippen LogP contribution in [0, 0.1) is 5.92 Å². The molecule has 0 aliphatic carbocycles. The van der Waals surface area contributed by atoms with Gasteiger partial charge in [0.25, 0.3) is 0 Å². The van der Waals surface area contributed by atoms with Crippen molar-refractivity contribution in [2.24, 2.45) is 5.92 Å². The van der Waals surface area contributed by atoms with E-state index >= 15 is 0 Å². The van der Waals surface area contributed by atoms with E-state index in [1.54, 1.807) is 0 Å². The minimum atomic E-state index is 0.200. The highest BCUT2D eigenvalue weighted by Gasteiger charge is 2.33. The number of rotatable bonds is 4. The van der Waals surface area contributed by atoms with E-state index < -0.39 is 0 Å². The number of ether oxygens (including phenoxy) is 1. The van der Waals surface area contributed by atoms with Gasteiger partial charge in [-0.1, -0.05) is 6.07 Å². The zero-order valence-corrected chi connectivity index (χ0v) is 16.5. The molecule has 1 amide bonds. The first-order valence-corrected chi connectivity index (χ1v) is 11.0. The summed E-state index contributed by atoms with van der Waals surface area (Å²) in [6.07, 6.45) is 4.70. The van der Waals surface area contributed by atoms with Gasteiger partial charge >= 0.3 is 0 Å². The molecule has 5 nitrogen and oxygen atoms in total. The number of carbonyl (C=O) groups is 1. The molecule has 1 aromatic rings. The Morgan fingerprint density at radius 2 is 1.92 bits per heavy atom. The Kier molecular flexibility index (Phi) is 6.25. The number of amides is 1. The van der Waals surface area contributed by atoms with Crippen molar-refractivity contribution in [2.45, 2.75) is 38.3 Å². The van der Waals surface area contributed by atoms with Gasteiger partial charge in [0.05, 0.1) is 19.1 Å². The second kappa shape index (κ2) is 8.83. The van der Waals surface area contributed by atoms with E-state index in [1.807, 2.05) is 16.2 Å². The summed E-state index contributed by atoms with van der Waals surface area (Å²) in [6.45, 7) is 8.54. The fraction of sp³-hybridized carbons (Fsp3) is 0.750. The molecule has 6 heteroatoms. The molecule has 0 saturated carbocycles. The fourth-order valence-corrected chi connectivity index (χ4v) is 5.39. The van der Waals surface area contributed by atoms with E-state index in [9.17, 15) is 4.79 Å². The highest BCUT2D eigenvalue weighted by Crippen LogP contribution is 2.26. The Bertz CT molecular complexity index is 566. The maximum absolute atomic E-state index is 12.8. The number of hydrogen-bond acceptors (Lipinski definition) is 5. The molecule has 1 atom stereocenters. The molecule has 0 bridgehead atoms. The molecule has 3 aliphatic heterocycles. The molecule has 0 N–H and O–H groups in total. The minimum absolute atomic E-state index is 0.200. The van der Waals surface area contributed by atoms with Crippen LogP contribution >= 0.6 is 11.3 Å². The third-order valence-corrected chi connectivity index (χ3v) is 7.02. The van der Waals surface area contributed by atoms with Gasteiger partial charge < -0.3 is 9.64 Å². The summed E-state index contributed by atoms with van der Waals surface area (Å²) < 4.78 is 5.39. The van der Waals surface area contributed by atoms with E-state index in [-0.39, 0.29) is 5.92 Å². The molecule has 3 saturated heterocycles. The average molecular weight is 378 g/mol. The van der Waals surface area contributed by atoms with Crippen molar-refractivity contribution in [1.29, 1.82) is 0 Å². The van der Waals surface area contributed by atoms with Gasteiger partial charge in [-0.3, -0.25) is 14.6 Å². The first kappa shape index (κ1) is 18.4. The van der Waals surface area contributed by atoms with Gasteiger partial charge in [0, 0.05) is 50.2 Å². The topological polar surface area (TPSA) is 36.0 Å². The van der Waals surface area contributed by atoms with Crippen LogP contribution in [0.4, 0.5) is 0 Å². The molecule has 3 aliphatic rings. The first-order chi connectivity index (χ1) is 12.8. The van der Waals surface area contributed by atoms with E-state index in [4.69, 9.17) is 4.74 Å². The van der Waals surface area contributed by atoms with Crippen LogP contribution < -0.4 is 0 Å². The SMILES string of the molecule is O=C([C@H]1CCCN(C2CCN(Cc3cccs3)CC2)C1)N1CCOCC1. The van der Waals surface area contributed by atoms with Crippen molar-refractivity contribution in [2.75, 3.05) is 52.5 Å². The summed E-state index contributed by atoms with van der Waals surface area (Å²) >= 11 is 1.86. The van der Waals surface area contributed by atoms with Crippen LogP contribution in [-0.4, -0.2) is 79.1 Å². The number of likely N-dealkylation sites (tertiary alicyclic amines) is 2. The molecular weight excluding hydrogens is 346 g/mol. The summed E-state index contributed by atoms with van der Waals surface area (Å²) in [6, 6.07) is 5.05. The molecule has 0 radical (unpaired) electrons. The predicted molar refractivity (Wildman–Crippen MR) is 104 cm³/mol. The average Bonchev–Trinajstić information content (AvgIpc) is 3.22. The molecule has 0 aromatic carbocycles. The van der Waals surface area contributed by atoms with Gasteiger partial charge in [0.2, 0.25) is 5.91 Å². The molecule has 4 heterocycles. The lowest BCUT2D eigenvalue weighted by Crippen LogP contribution is -2.52. The number of hydrogen-bond donors (Lipinski definition) is 0. The van der Waals surface area contributed by atoms with E-state index in [1.165, 1.54) is 37.4 Å². The lowest BCUT2D eigenvalue weighted by molar-refractivity contribution is -0.142.